The largest absolute Gasteiger partial charge is 0.478 e. The lowest BCUT2D eigenvalue weighted by atomic mass is 10.1. The van der Waals surface area contributed by atoms with Gasteiger partial charge in [-0.05, 0) is 19.1 Å². The molecule has 18 heavy (non-hydrogen) atoms. The van der Waals surface area contributed by atoms with Crippen LogP contribution in [0.25, 0.3) is 0 Å². The van der Waals surface area contributed by atoms with Crippen molar-refractivity contribution in [1.82, 2.24) is 9.97 Å². The van der Waals surface area contributed by atoms with Crippen LogP contribution in [0.5, 0.6) is 11.8 Å². The molecule has 1 N–H and O–H groups in total. The molecule has 1 aromatic carbocycles. The fourth-order valence-electron chi connectivity index (χ4n) is 1.41. The van der Waals surface area contributed by atoms with Crippen molar-refractivity contribution in [1.29, 1.82) is 0 Å². The third kappa shape index (κ3) is 2.42. The van der Waals surface area contributed by atoms with Crippen LogP contribution >= 0.6 is 0 Å². The van der Waals surface area contributed by atoms with Gasteiger partial charge in [0.05, 0.1) is 18.0 Å². The number of benzene rings is 1. The molecule has 92 valence electrons. The van der Waals surface area contributed by atoms with Gasteiger partial charge in [-0.2, -0.15) is 0 Å². The summed E-state index contributed by atoms with van der Waals surface area (Å²) >= 11 is 0. The van der Waals surface area contributed by atoms with Crippen LogP contribution in [-0.2, 0) is 0 Å². The molecule has 2 rings (SSSR count). The molecule has 0 bridgehead atoms. The van der Waals surface area contributed by atoms with Gasteiger partial charge in [-0.1, -0.05) is 6.07 Å². The Kier molecular flexibility index (Phi) is 3.18. The molecule has 0 radical (unpaired) electrons. The lowest BCUT2D eigenvalue weighted by Crippen LogP contribution is -2.01. The molecular formula is C12H9FN2O3. The van der Waals surface area contributed by atoms with Gasteiger partial charge in [-0.15, -0.1) is 0 Å². The van der Waals surface area contributed by atoms with E-state index in [0.29, 0.717) is 11.3 Å². The Balaban J connectivity index is 2.32. The van der Waals surface area contributed by atoms with Gasteiger partial charge >= 0.3 is 12.0 Å². The molecule has 1 aromatic heterocycles. The number of hydrogen-bond acceptors (Lipinski definition) is 4. The molecule has 0 unspecified atom stereocenters. The molecule has 1 heterocycles. The molecule has 2 aromatic rings. The first kappa shape index (κ1) is 12.0. The van der Waals surface area contributed by atoms with Crippen LogP contribution in [0.2, 0.25) is 0 Å². The van der Waals surface area contributed by atoms with E-state index in [1.165, 1.54) is 6.07 Å². The molecule has 0 spiro atoms. The monoisotopic (exact) mass is 248 g/mol. The summed E-state index contributed by atoms with van der Waals surface area (Å²) in [7, 11) is 0. The van der Waals surface area contributed by atoms with Gasteiger partial charge in [0.15, 0.2) is 5.82 Å². The second-order valence-corrected chi connectivity index (χ2v) is 3.52. The predicted octanol–water partition coefficient (Wildman–Crippen LogP) is 2.41. The molecule has 6 heteroatoms. The van der Waals surface area contributed by atoms with Crippen LogP contribution in [0.15, 0.2) is 30.6 Å². The van der Waals surface area contributed by atoms with E-state index < -0.39 is 11.8 Å². The van der Waals surface area contributed by atoms with Crippen LogP contribution in [0.1, 0.15) is 15.9 Å². The number of hydrogen-bond donors (Lipinski definition) is 1. The van der Waals surface area contributed by atoms with Crippen molar-refractivity contribution in [2.45, 2.75) is 6.92 Å². The van der Waals surface area contributed by atoms with E-state index in [0.717, 1.165) is 12.4 Å². The highest BCUT2D eigenvalue weighted by Crippen LogP contribution is 2.24. The van der Waals surface area contributed by atoms with Crippen molar-refractivity contribution in [2.24, 2.45) is 0 Å². The first-order chi connectivity index (χ1) is 8.58. The lowest BCUT2D eigenvalue weighted by molar-refractivity contribution is 0.0695. The Labute approximate surface area is 102 Å². The van der Waals surface area contributed by atoms with E-state index in [1.54, 1.807) is 19.1 Å². The number of carboxylic acid groups (broad SMARTS) is 1. The number of ether oxygens (including phenoxy) is 1. The minimum Gasteiger partial charge on any atom is -0.478 e. The van der Waals surface area contributed by atoms with Gasteiger partial charge in [-0.3, -0.25) is 0 Å². The smallest absolute Gasteiger partial charge is 0.336 e. The molecular weight excluding hydrogens is 239 g/mol. The van der Waals surface area contributed by atoms with Crippen molar-refractivity contribution < 1.29 is 19.0 Å². The standard InChI is InChI=1S/C12H9FN2O3/c1-7-9(11(16)17)3-2-4-10(7)18-12-14-5-8(13)6-15-12/h2-6H,1H3,(H,16,17). The van der Waals surface area contributed by atoms with Gasteiger partial charge < -0.3 is 9.84 Å². The molecule has 5 nitrogen and oxygen atoms in total. The van der Waals surface area contributed by atoms with E-state index in [-0.39, 0.29) is 11.6 Å². The molecule has 0 fully saturated rings. The fraction of sp³-hybridized carbons (Fsp3) is 0.0833. The van der Waals surface area contributed by atoms with Gasteiger partial charge in [0.1, 0.15) is 5.75 Å². The molecule has 0 atom stereocenters. The maximum absolute atomic E-state index is 12.6. The fourth-order valence-corrected chi connectivity index (χ4v) is 1.41. The summed E-state index contributed by atoms with van der Waals surface area (Å²) in [6.45, 7) is 1.61. The molecule has 0 saturated heterocycles. The highest BCUT2D eigenvalue weighted by Gasteiger charge is 2.12. The second-order valence-electron chi connectivity index (χ2n) is 3.52. The van der Waals surface area contributed by atoms with Gasteiger partial charge in [0.2, 0.25) is 0 Å². The highest BCUT2D eigenvalue weighted by atomic mass is 19.1. The number of aromatic nitrogens is 2. The van der Waals surface area contributed by atoms with Gasteiger partial charge in [0, 0.05) is 5.56 Å². The van der Waals surface area contributed by atoms with Gasteiger partial charge in [0.25, 0.3) is 0 Å². The zero-order valence-corrected chi connectivity index (χ0v) is 9.42. The van der Waals surface area contributed by atoms with E-state index >= 15 is 0 Å². The minimum absolute atomic E-state index is 0.0398. The normalized spacial score (nSPS) is 10.1. The summed E-state index contributed by atoms with van der Waals surface area (Å²) in [5.74, 6) is -1.29. The third-order valence-corrected chi connectivity index (χ3v) is 2.31. The maximum atomic E-state index is 12.6. The van der Waals surface area contributed by atoms with Crippen molar-refractivity contribution in [2.75, 3.05) is 0 Å². The summed E-state index contributed by atoms with van der Waals surface area (Å²) < 4.78 is 17.9. The molecule has 0 aliphatic carbocycles. The van der Waals surface area contributed by atoms with Crippen molar-refractivity contribution >= 4 is 5.97 Å². The van der Waals surface area contributed by atoms with Crippen molar-refractivity contribution in [3.8, 4) is 11.8 Å². The topological polar surface area (TPSA) is 72.3 Å². The summed E-state index contributed by atoms with van der Waals surface area (Å²) in [5.41, 5.74) is 0.590. The van der Waals surface area contributed by atoms with Crippen LogP contribution in [0.3, 0.4) is 0 Å². The first-order valence-corrected chi connectivity index (χ1v) is 5.06. The lowest BCUT2D eigenvalue weighted by Gasteiger charge is -2.08. The summed E-state index contributed by atoms with van der Waals surface area (Å²) in [6.07, 6.45) is 1.94. The number of rotatable bonds is 3. The highest BCUT2D eigenvalue weighted by molar-refractivity contribution is 5.90. The third-order valence-electron chi connectivity index (χ3n) is 2.31. The SMILES string of the molecule is Cc1c(Oc2ncc(F)cn2)cccc1C(=O)O. The van der Waals surface area contributed by atoms with E-state index in [9.17, 15) is 9.18 Å². The molecule has 0 amide bonds. The molecule has 0 saturated carbocycles. The van der Waals surface area contributed by atoms with Crippen LogP contribution in [0.4, 0.5) is 4.39 Å². The molecule has 0 aliphatic rings. The first-order valence-electron chi connectivity index (χ1n) is 5.06. The van der Waals surface area contributed by atoms with E-state index in [4.69, 9.17) is 9.84 Å². The maximum Gasteiger partial charge on any atom is 0.336 e. The Hall–Kier alpha value is -2.50. The Morgan fingerprint density at radius 1 is 1.33 bits per heavy atom. The predicted molar refractivity (Wildman–Crippen MR) is 60.2 cm³/mol. The second kappa shape index (κ2) is 4.79. The van der Waals surface area contributed by atoms with Crippen LogP contribution < -0.4 is 4.74 Å². The molecule has 0 aliphatic heterocycles. The Bertz CT molecular complexity index is 584. The average molecular weight is 248 g/mol. The quantitative estimate of drug-likeness (QED) is 0.902. The van der Waals surface area contributed by atoms with E-state index in [2.05, 4.69) is 9.97 Å². The number of nitrogens with zero attached hydrogens (tertiary/aromatic N) is 2. The van der Waals surface area contributed by atoms with Crippen molar-refractivity contribution in [3.63, 3.8) is 0 Å². The van der Waals surface area contributed by atoms with Crippen LogP contribution in [-0.4, -0.2) is 21.0 Å². The number of carboxylic acids is 1. The minimum atomic E-state index is -1.04. The van der Waals surface area contributed by atoms with Gasteiger partial charge in [-0.25, -0.2) is 19.2 Å². The zero-order valence-electron chi connectivity index (χ0n) is 9.42. The number of carbonyl (C=O) groups is 1. The summed E-state index contributed by atoms with van der Waals surface area (Å²) in [4.78, 5) is 18.2. The summed E-state index contributed by atoms with van der Waals surface area (Å²) in [6, 6.07) is 4.57. The Morgan fingerprint density at radius 2 is 2.00 bits per heavy atom. The van der Waals surface area contributed by atoms with E-state index in [1.807, 2.05) is 0 Å². The number of halogens is 1. The summed E-state index contributed by atoms with van der Waals surface area (Å²) in [5, 5.41) is 8.96. The number of aromatic carboxylic acids is 1. The van der Waals surface area contributed by atoms with Crippen molar-refractivity contribution in [3.05, 3.63) is 47.5 Å². The Morgan fingerprint density at radius 3 is 2.61 bits per heavy atom. The average Bonchev–Trinajstić information content (AvgIpc) is 2.34. The zero-order chi connectivity index (χ0) is 13.1. The van der Waals surface area contributed by atoms with Crippen LogP contribution in [0, 0.1) is 12.7 Å².